The van der Waals surface area contributed by atoms with Gasteiger partial charge in [-0.15, -0.1) is 10.2 Å². The Morgan fingerprint density at radius 2 is 1.55 bits per heavy atom. The summed E-state index contributed by atoms with van der Waals surface area (Å²) in [6.07, 6.45) is 0. The second-order valence-electron chi connectivity index (χ2n) is 6.42. The van der Waals surface area contributed by atoms with Gasteiger partial charge in [-0.1, -0.05) is 78.0 Å². The van der Waals surface area contributed by atoms with Gasteiger partial charge >= 0.3 is 5.97 Å². The molecule has 4 aromatic rings. The maximum atomic E-state index is 12.3. The average Bonchev–Trinajstić information content (AvgIpc) is 3.19. The maximum absolute atomic E-state index is 12.3. The number of carbonyl (C=O) groups excluding carboxylic acids is 1. The molecule has 0 fully saturated rings. The van der Waals surface area contributed by atoms with E-state index in [1.54, 1.807) is 12.1 Å². The summed E-state index contributed by atoms with van der Waals surface area (Å²) >= 11 is 1.30. The molecule has 0 radical (unpaired) electrons. The predicted octanol–water partition coefficient (Wildman–Crippen LogP) is 4.94. The fourth-order valence-electron chi connectivity index (χ4n) is 2.84. The van der Waals surface area contributed by atoms with E-state index in [9.17, 15) is 4.79 Å². The van der Waals surface area contributed by atoms with Crippen molar-refractivity contribution in [1.29, 1.82) is 0 Å². The molecule has 5 nitrogen and oxygen atoms in total. The Morgan fingerprint density at radius 1 is 0.897 bits per heavy atom. The van der Waals surface area contributed by atoms with E-state index in [1.165, 1.54) is 11.8 Å². The minimum absolute atomic E-state index is 0.133. The Hall–Kier alpha value is -3.38. The second kappa shape index (κ2) is 8.75. The summed E-state index contributed by atoms with van der Waals surface area (Å²) in [4.78, 5) is 12.3. The predicted molar refractivity (Wildman–Crippen MR) is 114 cm³/mol. The highest BCUT2D eigenvalue weighted by Crippen LogP contribution is 2.28. The number of aromatic nitrogens is 3. The van der Waals surface area contributed by atoms with Gasteiger partial charge in [0.2, 0.25) is 0 Å². The van der Waals surface area contributed by atoms with Gasteiger partial charge in [0, 0.05) is 11.3 Å². The van der Waals surface area contributed by atoms with Crippen molar-refractivity contribution in [2.24, 2.45) is 0 Å². The molecule has 0 unspecified atom stereocenters. The lowest BCUT2D eigenvalue weighted by molar-refractivity contribution is -0.131. The smallest absolute Gasteiger partial charge is 0.321 e. The molecule has 0 N–H and O–H groups in total. The van der Waals surface area contributed by atoms with Crippen LogP contribution in [0.15, 0.2) is 90.1 Å². The van der Waals surface area contributed by atoms with Gasteiger partial charge in [-0.25, -0.2) is 0 Å². The first-order valence-corrected chi connectivity index (χ1v) is 10.2. The molecule has 0 aliphatic rings. The van der Waals surface area contributed by atoms with E-state index >= 15 is 0 Å². The summed E-state index contributed by atoms with van der Waals surface area (Å²) in [7, 11) is 0. The third-order valence-electron chi connectivity index (χ3n) is 4.25. The quantitative estimate of drug-likeness (QED) is 0.260. The van der Waals surface area contributed by atoms with Crippen molar-refractivity contribution in [3.8, 4) is 22.8 Å². The number of thioether (sulfide) groups is 1. The number of benzene rings is 3. The first-order chi connectivity index (χ1) is 14.2. The van der Waals surface area contributed by atoms with Crippen LogP contribution in [0.2, 0.25) is 0 Å². The van der Waals surface area contributed by atoms with Gasteiger partial charge in [-0.2, -0.15) is 0 Å². The number of esters is 1. The molecule has 1 aromatic heterocycles. The third-order valence-corrected chi connectivity index (χ3v) is 5.15. The van der Waals surface area contributed by atoms with Gasteiger partial charge in [-0.3, -0.25) is 9.36 Å². The fourth-order valence-corrected chi connectivity index (χ4v) is 3.56. The molecule has 0 aliphatic carbocycles. The summed E-state index contributed by atoms with van der Waals surface area (Å²) in [6, 6.07) is 27.1. The van der Waals surface area contributed by atoms with Crippen LogP contribution < -0.4 is 4.74 Å². The van der Waals surface area contributed by atoms with Crippen LogP contribution >= 0.6 is 11.8 Å². The lowest BCUT2D eigenvalue weighted by atomic mass is 10.2. The number of hydrogen-bond donors (Lipinski definition) is 0. The first-order valence-electron chi connectivity index (χ1n) is 9.17. The van der Waals surface area contributed by atoms with Crippen molar-refractivity contribution in [2.45, 2.75) is 12.1 Å². The van der Waals surface area contributed by atoms with Crippen LogP contribution in [0.4, 0.5) is 0 Å². The summed E-state index contributed by atoms with van der Waals surface area (Å²) in [5, 5.41) is 9.34. The molecule has 144 valence electrons. The molecule has 0 amide bonds. The Bertz CT molecular complexity index is 1090. The number of ether oxygens (including phenoxy) is 1. The standard InChI is InChI=1S/C23H19N3O2S/c1-17-12-14-20(15-13-17)28-21(27)16-29-23-25-24-22(18-8-4-2-5-9-18)26(23)19-10-6-3-7-11-19/h2-15H,16H2,1H3. The van der Waals surface area contributed by atoms with Gasteiger partial charge in [0.05, 0.1) is 5.75 Å². The summed E-state index contributed by atoms with van der Waals surface area (Å²) in [5.41, 5.74) is 3.01. The van der Waals surface area contributed by atoms with Crippen molar-refractivity contribution in [3.05, 3.63) is 90.5 Å². The molecule has 29 heavy (non-hydrogen) atoms. The Balaban J connectivity index is 1.56. The molecule has 0 atom stereocenters. The van der Waals surface area contributed by atoms with Crippen LogP contribution in [0.1, 0.15) is 5.56 Å². The van der Waals surface area contributed by atoms with Crippen molar-refractivity contribution in [3.63, 3.8) is 0 Å². The first kappa shape index (κ1) is 19.0. The maximum Gasteiger partial charge on any atom is 0.321 e. The van der Waals surface area contributed by atoms with Gasteiger partial charge in [0.15, 0.2) is 11.0 Å². The molecular weight excluding hydrogens is 382 g/mol. The van der Waals surface area contributed by atoms with E-state index in [-0.39, 0.29) is 11.7 Å². The zero-order valence-electron chi connectivity index (χ0n) is 15.9. The van der Waals surface area contributed by atoms with Gasteiger partial charge < -0.3 is 4.74 Å². The molecule has 1 heterocycles. The van der Waals surface area contributed by atoms with E-state index in [0.29, 0.717) is 10.9 Å². The minimum atomic E-state index is -0.331. The lowest BCUT2D eigenvalue weighted by Gasteiger charge is -2.10. The number of para-hydroxylation sites is 1. The number of nitrogens with zero attached hydrogens (tertiary/aromatic N) is 3. The number of aryl methyl sites for hydroxylation is 1. The van der Waals surface area contributed by atoms with E-state index in [1.807, 2.05) is 84.3 Å². The van der Waals surface area contributed by atoms with E-state index in [4.69, 9.17) is 4.74 Å². The van der Waals surface area contributed by atoms with Crippen molar-refractivity contribution < 1.29 is 9.53 Å². The van der Waals surface area contributed by atoms with E-state index in [0.717, 1.165) is 22.6 Å². The van der Waals surface area contributed by atoms with Crippen molar-refractivity contribution >= 4 is 17.7 Å². The molecule has 0 saturated carbocycles. The molecule has 0 spiro atoms. The minimum Gasteiger partial charge on any atom is -0.426 e. The van der Waals surface area contributed by atoms with Crippen LogP contribution in [0.5, 0.6) is 5.75 Å². The van der Waals surface area contributed by atoms with Crippen molar-refractivity contribution in [1.82, 2.24) is 14.8 Å². The number of hydrogen-bond acceptors (Lipinski definition) is 5. The van der Waals surface area contributed by atoms with Crippen LogP contribution in [0.3, 0.4) is 0 Å². The molecule has 0 bridgehead atoms. The molecule has 4 rings (SSSR count). The van der Waals surface area contributed by atoms with Crippen molar-refractivity contribution in [2.75, 3.05) is 5.75 Å². The fraction of sp³-hybridized carbons (Fsp3) is 0.0870. The monoisotopic (exact) mass is 401 g/mol. The van der Waals surface area contributed by atoms with Gasteiger partial charge in [0.1, 0.15) is 5.75 Å². The topological polar surface area (TPSA) is 57.0 Å². The zero-order valence-corrected chi connectivity index (χ0v) is 16.7. The number of rotatable bonds is 6. The summed E-state index contributed by atoms with van der Waals surface area (Å²) < 4.78 is 7.37. The molecule has 0 aliphatic heterocycles. The van der Waals surface area contributed by atoms with Gasteiger partial charge in [-0.05, 0) is 31.2 Å². The van der Waals surface area contributed by atoms with Crippen LogP contribution in [0.25, 0.3) is 17.1 Å². The highest BCUT2D eigenvalue weighted by Gasteiger charge is 2.17. The largest absolute Gasteiger partial charge is 0.426 e. The summed E-state index contributed by atoms with van der Waals surface area (Å²) in [6.45, 7) is 1.99. The van der Waals surface area contributed by atoms with Gasteiger partial charge in [0.25, 0.3) is 0 Å². The molecular formula is C23H19N3O2S. The average molecular weight is 401 g/mol. The lowest BCUT2D eigenvalue weighted by Crippen LogP contribution is -2.11. The Labute approximate surface area is 173 Å². The Morgan fingerprint density at radius 3 is 2.24 bits per heavy atom. The van der Waals surface area contributed by atoms with Crippen LogP contribution in [-0.2, 0) is 4.79 Å². The normalized spacial score (nSPS) is 10.7. The molecule has 3 aromatic carbocycles. The van der Waals surface area contributed by atoms with Crippen LogP contribution in [-0.4, -0.2) is 26.5 Å². The SMILES string of the molecule is Cc1ccc(OC(=O)CSc2nnc(-c3ccccc3)n2-c2ccccc2)cc1. The second-order valence-corrected chi connectivity index (χ2v) is 7.36. The highest BCUT2D eigenvalue weighted by molar-refractivity contribution is 7.99. The van der Waals surface area contributed by atoms with Crippen LogP contribution in [0, 0.1) is 6.92 Å². The van der Waals surface area contributed by atoms with E-state index in [2.05, 4.69) is 10.2 Å². The van der Waals surface area contributed by atoms with E-state index < -0.39 is 0 Å². The zero-order chi connectivity index (χ0) is 20.1. The third kappa shape index (κ3) is 4.55. The summed E-state index contributed by atoms with van der Waals surface area (Å²) in [5.74, 6) is 1.07. The number of carbonyl (C=O) groups is 1. The Kier molecular flexibility index (Phi) is 5.72. The highest BCUT2D eigenvalue weighted by atomic mass is 32.2. The molecule has 6 heteroatoms. The molecule has 0 saturated heterocycles.